The normalized spacial score (nSPS) is 13.3. The number of allylic oxidation sites excluding steroid dienone is 1. The molecule has 1 aliphatic rings. The molecule has 4 aromatic carbocycles. The van der Waals surface area contributed by atoms with Gasteiger partial charge in [-0.2, -0.15) is 5.26 Å². The van der Waals surface area contributed by atoms with Gasteiger partial charge in [-0.15, -0.1) is 0 Å². The molecule has 0 spiro atoms. The predicted octanol–water partition coefficient (Wildman–Crippen LogP) is 4.26. The number of carbonyl (C=O) groups excluding carboxylic acids is 2. The first-order chi connectivity index (χ1) is 16.7. The monoisotopic (exact) mass is 457 g/mol. The van der Waals surface area contributed by atoms with Crippen molar-refractivity contribution in [3.05, 3.63) is 132 Å². The highest BCUT2D eigenvalue weighted by molar-refractivity contribution is 7.98. The van der Waals surface area contributed by atoms with Gasteiger partial charge in [0.05, 0.1) is 22.5 Å². The van der Waals surface area contributed by atoms with E-state index in [1.807, 2.05) is 91.0 Å². The Morgan fingerprint density at radius 3 is 1.38 bits per heavy atom. The van der Waals surface area contributed by atoms with E-state index in [9.17, 15) is 9.59 Å². The summed E-state index contributed by atoms with van der Waals surface area (Å²) in [6, 6.07) is 38.6. The van der Waals surface area contributed by atoms with Crippen molar-refractivity contribution in [3.63, 3.8) is 0 Å². The Morgan fingerprint density at radius 1 is 0.588 bits per heavy atom. The topological polar surface area (TPSA) is 57.9 Å². The molecule has 0 heterocycles. The number of rotatable bonds is 4. The first-order valence-corrected chi connectivity index (χ1v) is 12.7. The number of nitriles is 1. The van der Waals surface area contributed by atoms with E-state index >= 15 is 0 Å². The standard InChI is InChI=1S/C30H20NO2P/c31-21-23-18-16-22(17-19-23)20-27-28(32)30(29(27)33)34(24-10-4-1-5-11-24,25-12-6-2-7-13-25)26-14-8-3-9-15-26/h1-20H. The third-order valence-electron chi connectivity index (χ3n) is 6.04. The highest BCUT2D eigenvalue weighted by atomic mass is 31.2. The second-order valence-corrected chi connectivity index (χ2v) is 11.3. The van der Waals surface area contributed by atoms with Crippen molar-refractivity contribution in [2.75, 3.05) is 0 Å². The summed E-state index contributed by atoms with van der Waals surface area (Å²) < 4.78 is 0. The quantitative estimate of drug-likeness (QED) is 0.261. The largest absolute Gasteiger partial charge is 0.288 e. The predicted molar refractivity (Wildman–Crippen MR) is 139 cm³/mol. The van der Waals surface area contributed by atoms with E-state index in [-0.39, 0.29) is 17.1 Å². The van der Waals surface area contributed by atoms with Crippen LogP contribution >= 0.6 is 6.89 Å². The molecule has 162 valence electrons. The minimum Gasteiger partial charge on any atom is -0.288 e. The van der Waals surface area contributed by atoms with E-state index in [1.54, 1.807) is 30.3 Å². The van der Waals surface area contributed by atoms with Crippen molar-refractivity contribution >= 4 is 45.7 Å². The molecule has 34 heavy (non-hydrogen) atoms. The summed E-state index contributed by atoms with van der Waals surface area (Å²) in [7, 11) is 0. The third kappa shape index (κ3) is 3.46. The van der Waals surface area contributed by atoms with E-state index in [2.05, 4.69) is 6.07 Å². The Bertz CT molecular complexity index is 1390. The van der Waals surface area contributed by atoms with Gasteiger partial charge in [0.1, 0.15) is 0 Å². The van der Waals surface area contributed by atoms with Crippen LogP contribution in [0, 0.1) is 11.3 Å². The fraction of sp³-hybridized carbons (Fsp3) is 0. The molecule has 1 fully saturated rings. The van der Waals surface area contributed by atoms with Crippen LogP contribution < -0.4 is 15.9 Å². The van der Waals surface area contributed by atoms with E-state index in [0.29, 0.717) is 10.9 Å². The van der Waals surface area contributed by atoms with Crippen LogP contribution in [0.25, 0.3) is 6.08 Å². The zero-order valence-electron chi connectivity index (χ0n) is 18.3. The smallest absolute Gasteiger partial charge is 0.202 e. The van der Waals surface area contributed by atoms with Crippen LogP contribution in [0.2, 0.25) is 0 Å². The number of hydrogen-bond donors (Lipinski definition) is 0. The minimum atomic E-state index is -2.69. The lowest BCUT2D eigenvalue weighted by atomic mass is 9.87. The molecule has 5 rings (SSSR count). The zero-order valence-corrected chi connectivity index (χ0v) is 19.2. The average molecular weight is 457 g/mol. The summed E-state index contributed by atoms with van der Waals surface area (Å²) in [5, 5.41) is 12.3. The summed E-state index contributed by atoms with van der Waals surface area (Å²) in [4.78, 5) is 27.4. The van der Waals surface area contributed by atoms with Gasteiger partial charge in [-0.3, -0.25) is 9.59 Å². The molecule has 0 bridgehead atoms. The van der Waals surface area contributed by atoms with Crippen molar-refractivity contribution in [1.82, 2.24) is 0 Å². The lowest BCUT2D eigenvalue weighted by Gasteiger charge is -2.35. The number of hydrogen-bond acceptors (Lipinski definition) is 3. The van der Waals surface area contributed by atoms with Gasteiger partial charge in [0.15, 0.2) is 0 Å². The summed E-state index contributed by atoms with van der Waals surface area (Å²) >= 11 is 0. The van der Waals surface area contributed by atoms with Crippen molar-refractivity contribution in [2.24, 2.45) is 0 Å². The van der Waals surface area contributed by atoms with Gasteiger partial charge in [0.2, 0.25) is 11.6 Å². The molecule has 1 saturated carbocycles. The third-order valence-corrected chi connectivity index (χ3v) is 10.3. The Labute approximate surface area is 198 Å². The summed E-state index contributed by atoms with van der Waals surface area (Å²) in [6.07, 6.45) is 1.63. The van der Waals surface area contributed by atoms with Gasteiger partial charge in [-0.25, -0.2) is 0 Å². The van der Waals surface area contributed by atoms with Crippen LogP contribution in [-0.4, -0.2) is 16.9 Å². The second-order valence-electron chi connectivity index (χ2n) is 7.98. The Balaban J connectivity index is 1.80. The Hall–Kier alpha value is -4.25. The molecule has 0 aromatic heterocycles. The van der Waals surface area contributed by atoms with E-state index < -0.39 is 6.89 Å². The molecule has 0 unspecified atom stereocenters. The molecule has 0 radical (unpaired) electrons. The fourth-order valence-electron chi connectivity index (χ4n) is 4.44. The number of Topliss-reactive ketones (excluding diaryl/α,β-unsaturated/α-hetero) is 2. The summed E-state index contributed by atoms with van der Waals surface area (Å²) in [5.74, 6) is -0.418. The van der Waals surface area contributed by atoms with Crippen LogP contribution in [-0.2, 0) is 9.59 Å². The molecular formula is C30H20NO2P. The molecule has 0 atom stereocenters. The Morgan fingerprint density at radius 2 is 1.00 bits per heavy atom. The van der Waals surface area contributed by atoms with Gasteiger partial charge in [0.25, 0.3) is 0 Å². The Kier molecular flexibility index (Phi) is 5.68. The van der Waals surface area contributed by atoms with E-state index in [1.165, 1.54) is 0 Å². The molecule has 0 amide bonds. The van der Waals surface area contributed by atoms with Crippen molar-refractivity contribution in [1.29, 1.82) is 5.26 Å². The molecule has 0 aliphatic heterocycles. The lowest BCUT2D eigenvalue weighted by Crippen LogP contribution is -2.47. The SMILES string of the molecule is N#Cc1ccc(C=C2C(=O)C(=P(c3ccccc3)(c3ccccc3)c3ccccc3)C2=O)cc1. The van der Waals surface area contributed by atoms with Gasteiger partial charge >= 0.3 is 0 Å². The second kappa shape index (κ2) is 8.94. The minimum absolute atomic E-state index is 0.187. The highest BCUT2D eigenvalue weighted by Crippen LogP contribution is 2.49. The fourth-order valence-corrected chi connectivity index (χ4v) is 8.82. The molecule has 4 aromatic rings. The van der Waals surface area contributed by atoms with Gasteiger partial charge in [-0.05, 0) is 46.6 Å². The molecular weight excluding hydrogens is 437 g/mol. The molecule has 3 nitrogen and oxygen atoms in total. The van der Waals surface area contributed by atoms with Gasteiger partial charge in [0, 0.05) is 0 Å². The zero-order chi connectivity index (χ0) is 23.5. The number of nitrogens with zero attached hydrogens (tertiary/aromatic N) is 1. The lowest BCUT2D eigenvalue weighted by molar-refractivity contribution is -0.119. The van der Waals surface area contributed by atoms with Gasteiger partial charge < -0.3 is 0 Å². The van der Waals surface area contributed by atoms with Crippen LogP contribution in [0.3, 0.4) is 0 Å². The maximum atomic E-state index is 13.7. The van der Waals surface area contributed by atoms with Crippen LogP contribution in [0.4, 0.5) is 0 Å². The maximum absolute atomic E-state index is 13.7. The molecule has 0 N–H and O–H groups in total. The van der Waals surface area contributed by atoms with Crippen LogP contribution in [0.1, 0.15) is 11.1 Å². The maximum Gasteiger partial charge on any atom is 0.202 e. The highest BCUT2D eigenvalue weighted by Gasteiger charge is 2.46. The van der Waals surface area contributed by atoms with Gasteiger partial charge in [-0.1, -0.05) is 103 Å². The summed E-state index contributed by atoms with van der Waals surface area (Å²) in [5.41, 5.74) is 1.44. The molecule has 1 aliphatic carbocycles. The van der Waals surface area contributed by atoms with Crippen molar-refractivity contribution in [2.45, 2.75) is 0 Å². The molecule has 4 heteroatoms. The number of carbonyl (C=O) groups is 2. The first kappa shape index (κ1) is 21.6. The van der Waals surface area contributed by atoms with E-state index in [0.717, 1.165) is 21.5 Å². The average Bonchev–Trinajstić information content (AvgIpc) is 2.92. The number of benzene rings is 4. The van der Waals surface area contributed by atoms with E-state index in [4.69, 9.17) is 5.26 Å². The van der Waals surface area contributed by atoms with Crippen molar-refractivity contribution in [3.8, 4) is 6.07 Å². The van der Waals surface area contributed by atoms with Crippen LogP contribution in [0.5, 0.6) is 0 Å². The molecule has 0 saturated heterocycles. The van der Waals surface area contributed by atoms with Crippen molar-refractivity contribution < 1.29 is 9.59 Å². The summed E-state index contributed by atoms with van der Waals surface area (Å²) in [6.45, 7) is -2.69. The van der Waals surface area contributed by atoms with Crippen LogP contribution in [0.15, 0.2) is 121 Å². The number of ketones is 2. The first-order valence-electron chi connectivity index (χ1n) is 10.9.